The highest BCUT2D eigenvalue weighted by Crippen LogP contribution is 2.32. The average Bonchev–Trinajstić information content (AvgIpc) is 3.03. The van der Waals surface area contributed by atoms with Crippen molar-refractivity contribution in [1.29, 1.82) is 0 Å². The maximum absolute atomic E-state index is 12.4. The van der Waals surface area contributed by atoms with Crippen molar-refractivity contribution in [2.24, 2.45) is 0 Å². The van der Waals surface area contributed by atoms with Gasteiger partial charge in [-0.1, -0.05) is 0 Å². The number of benzene rings is 1. The molecule has 7 nitrogen and oxygen atoms in total. The first-order chi connectivity index (χ1) is 9.95. The maximum atomic E-state index is 12.4. The first kappa shape index (κ1) is 14.2. The Balaban J connectivity index is 1.89. The fraction of sp³-hybridized carbons (Fsp3) is 0.167. The predicted molar refractivity (Wildman–Crippen MR) is 79.1 cm³/mol. The number of H-pyrrole nitrogens is 1. The van der Waals surface area contributed by atoms with E-state index in [1.165, 1.54) is 6.07 Å². The Kier molecular flexibility index (Phi) is 3.56. The van der Waals surface area contributed by atoms with Gasteiger partial charge in [-0.05, 0) is 33.6 Å². The molecule has 0 fully saturated rings. The van der Waals surface area contributed by atoms with Crippen LogP contribution >= 0.6 is 15.9 Å². The molecule has 0 atom stereocenters. The molecular formula is C12H11BrN4O3S. The summed E-state index contributed by atoms with van der Waals surface area (Å²) < 4.78 is 27.6. The topological polar surface area (TPSA) is 104 Å². The molecule has 3 rings (SSSR count). The van der Waals surface area contributed by atoms with Gasteiger partial charge in [0.25, 0.3) is 0 Å². The van der Waals surface area contributed by atoms with E-state index in [-0.39, 0.29) is 23.8 Å². The quantitative estimate of drug-likeness (QED) is 0.750. The van der Waals surface area contributed by atoms with Crippen molar-refractivity contribution in [3.63, 3.8) is 0 Å². The molecule has 21 heavy (non-hydrogen) atoms. The molecular weight excluding hydrogens is 360 g/mol. The summed E-state index contributed by atoms with van der Waals surface area (Å²) in [6.45, 7) is 0.138. The number of carbonyl (C=O) groups excluding carboxylic acids is 1. The van der Waals surface area contributed by atoms with Crippen molar-refractivity contribution >= 4 is 37.5 Å². The van der Waals surface area contributed by atoms with Gasteiger partial charge in [0.05, 0.1) is 17.5 Å². The number of amides is 1. The van der Waals surface area contributed by atoms with Crippen molar-refractivity contribution in [3.05, 3.63) is 40.1 Å². The van der Waals surface area contributed by atoms with Crippen LogP contribution in [0.25, 0.3) is 0 Å². The zero-order chi connectivity index (χ0) is 15.0. The molecule has 2 aromatic rings. The van der Waals surface area contributed by atoms with Crippen molar-refractivity contribution in [2.45, 2.75) is 17.9 Å². The normalized spacial score (nSPS) is 14.0. The van der Waals surface area contributed by atoms with Gasteiger partial charge in [0.2, 0.25) is 15.9 Å². The van der Waals surface area contributed by atoms with Crippen LogP contribution in [0.4, 0.5) is 5.69 Å². The van der Waals surface area contributed by atoms with Gasteiger partial charge in [-0.2, -0.15) is 5.10 Å². The number of halogens is 1. The summed E-state index contributed by atoms with van der Waals surface area (Å²) in [4.78, 5) is 11.5. The van der Waals surface area contributed by atoms with E-state index in [0.717, 1.165) is 5.56 Å². The first-order valence-electron chi connectivity index (χ1n) is 6.05. The van der Waals surface area contributed by atoms with E-state index in [9.17, 15) is 13.2 Å². The molecule has 2 heterocycles. The average molecular weight is 371 g/mol. The van der Waals surface area contributed by atoms with Crippen LogP contribution in [0.15, 0.2) is 33.9 Å². The minimum atomic E-state index is -3.68. The summed E-state index contributed by atoms with van der Waals surface area (Å²) in [6, 6.07) is 3.11. The van der Waals surface area contributed by atoms with E-state index in [1.807, 2.05) is 0 Å². The smallest absolute Gasteiger partial charge is 0.242 e. The van der Waals surface area contributed by atoms with E-state index in [1.54, 1.807) is 18.5 Å². The third-order valence-corrected chi connectivity index (χ3v) is 5.45. The number of aromatic nitrogens is 2. The monoisotopic (exact) mass is 370 g/mol. The number of nitrogens with zero attached hydrogens (tertiary/aromatic N) is 1. The van der Waals surface area contributed by atoms with Crippen LogP contribution in [0.1, 0.15) is 11.1 Å². The lowest BCUT2D eigenvalue weighted by molar-refractivity contribution is -0.115. The maximum Gasteiger partial charge on any atom is 0.242 e. The molecule has 1 aromatic carbocycles. The summed E-state index contributed by atoms with van der Waals surface area (Å²) in [6.07, 6.45) is 3.35. The van der Waals surface area contributed by atoms with Gasteiger partial charge in [-0.3, -0.25) is 9.89 Å². The number of hydrogen-bond acceptors (Lipinski definition) is 4. The number of hydrogen-bond donors (Lipinski definition) is 3. The summed E-state index contributed by atoms with van der Waals surface area (Å²) in [7, 11) is -3.68. The molecule has 110 valence electrons. The number of carbonyl (C=O) groups is 1. The van der Waals surface area contributed by atoms with E-state index in [0.29, 0.717) is 15.7 Å². The first-order valence-corrected chi connectivity index (χ1v) is 8.33. The number of sulfonamides is 1. The van der Waals surface area contributed by atoms with Gasteiger partial charge in [0.15, 0.2) is 0 Å². The number of fused-ring (bicyclic) bond motifs is 1. The molecule has 1 aromatic heterocycles. The van der Waals surface area contributed by atoms with Crippen molar-refractivity contribution in [3.8, 4) is 0 Å². The van der Waals surface area contributed by atoms with Crippen molar-refractivity contribution in [1.82, 2.24) is 14.9 Å². The highest BCUT2D eigenvalue weighted by molar-refractivity contribution is 9.10. The summed E-state index contributed by atoms with van der Waals surface area (Å²) >= 11 is 3.24. The third-order valence-electron chi connectivity index (χ3n) is 3.09. The number of anilines is 1. The summed E-state index contributed by atoms with van der Waals surface area (Å²) in [5, 5.41) is 9.04. The Morgan fingerprint density at radius 2 is 2.19 bits per heavy atom. The van der Waals surface area contributed by atoms with Crippen LogP contribution in [-0.2, 0) is 27.8 Å². The van der Waals surface area contributed by atoms with E-state index in [2.05, 4.69) is 36.2 Å². The van der Waals surface area contributed by atoms with Gasteiger partial charge < -0.3 is 5.32 Å². The van der Waals surface area contributed by atoms with Gasteiger partial charge in [-0.25, -0.2) is 13.1 Å². The molecule has 1 aliphatic rings. The van der Waals surface area contributed by atoms with Gasteiger partial charge >= 0.3 is 0 Å². The lowest BCUT2D eigenvalue weighted by Gasteiger charge is -2.09. The number of rotatable bonds is 4. The molecule has 0 unspecified atom stereocenters. The van der Waals surface area contributed by atoms with Crippen LogP contribution in [0.3, 0.4) is 0 Å². The SMILES string of the molecule is O=C1Cc2cc(S(=O)(=O)NCc3cn[nH]c3)c(Br)cc2N1. The van der Waals surface area contributed by atoms with Crippen LogP contribution < -0.4 is 10.0 Å². The Morgan fingerprint density at radius 1 is 1.38 bits per heavy atom. The fourth-order valence-electron chi connectivity index (χ4n) is 2.06. The standard InChI is InChI=1S/C12H11BrN4O3S/c13-9-3-10-8(2-12(18)17-10)1-11(9)21(19,20)16-6-7-4-14-15-5-7/h1,3-5,16H,2,6H2,(H,14,15)(H,17,18). The lowest BCUT2D eigenvalue weighted by atomic mass is 10.2. The van der Waals surface area contributed by atoms with Gasteiger partial charge in [0, 0.05) is 28.5 Å². The minimum Gasteiger partial charge on any atom is -0.325 e. The minimum absolute atomic E-state index is 0.112. The molecule has 0 saturated carbocycles. The van der Waals surface area contributed by atoms with Crippen LogP contribution in [0.5, 0.6) is 0 Å². The second-order valence-corrected chi connectivity index (χ2v) is 7.19. The van der Waals surface area contributed by atoms with Crippen LogP contribution in [0.2, 0.25) is 0 Å². The van der Waals surface area contributed by atoms with E-state index < -0.39 is 10.0 Å². The van der Waals surface area contributed by atoms with Crippen molar-refractivity contribution in [2.75, 3.05) is 5.32 Å². The summed E-state index contributed by atoms with van der Waals surface area (Å²) in [5.41, 5.74) is 2.04. The van der Waals surface area contributed by atoms with Gasteiger partial charge in [0.1, 0.15) is 0 Å². The predicted octanol–water partition coefficient (Wildman–Crippen LogP) is 1.15. The zero-order valence-corrected chi connectivity index (χ0v) is 13.1. The lowest BCUT2D eigenvalue weighted by Crippen LogP contribution is -2.23. The zero-order valence-electron chi connectivity index (χ0n) is 10.7. The Bertz CT molecular complexity index is 802. The molecule has 0 saturated heterocycles. The molecule has 0 radical (unpaired) electrons. The molecule has 0 bridgehead atoms. The highest BCUT2D eigenvalue weighted by Gasteiger charge is 2.24. The third kappa shape index (κ3) is 2.85. The Hall–Kier alpha value is -1.71. The largest absolute Gasteiger partial charge is 0.325 e. The summed E-state index contributed by atoms with van der Waals surface area (Å²) in [5.74, 6) is -0.141. The molecule has 0 aliphatic carbocycles. The van der Waals surface area contributed by atoms with E-state index in [4.69, 9.17) is 0 Å². The van der Waals surface area contributed by atoms with Crippen molar-refractivity contribution < 1.29 is 13.2 Å². The second kappa shape index (κ2) is 5.24. The van der Waals surface area contributed by atoms with Crippen LogP contribution in [0, 0.1) is 0 Å². The number of nitrogens with one attached hydrogen (secondary N) is 3. The Morgan fingerprint density at radius 3 is 2.90 bits per heavy atom. The van der Waals surface area contributed by atoms with E-state index >= 15 is 0 Å². The van der Waals surface area contributed by atoms with Gasteiger partial charge in [-0.15, -0.1) is 0 Å². The Labute approximate surface area is 129 Å². The molecule has 9 heteroatoms. The molecule has 1 aliphatic heterocycles. The number of aromatic amines is 1. The fourth-order valence-corrected chi connectivity index (χ4v) is 4.17. The molecule has 1 amide bonds. The van der Waals surface area contributed by atoms with Crippen LogP contribution in [-0.4, -0.2) is 24.5 Å². The molecule has 0 spiro atoms. The second-order valence-electron chi connectivity index (χ2n) is 4.60. The molecule has 3 N–H and O–H groups in total. The highest BCUT2D eigenvalue weighted by atomic mass is 79.9.